The number of nitrogens with zero attached hydrogens (tertiary/aromatic N) is 1. The minimum Gasteiger partial charge on any atom is -0.496 e. The molecule has 0 aliphatic carbocycles. The van der Waals surface area contributed by atoms with Crippen LogP contribution in [0.5, 0.6) is 5.75 Å². The normalized spacial score (nSPS) is 16.8. The van der Waals surface area contributed by atoms with Crippen molar-refractivity contribution in [2.24, 2.45) is 0 Å². The van der Waals surface area contributed by atoms with Crippen LogP contribution in [0.2, 0.25) is 0 Å². The van der Waals surface area contributed by atoms with Crippen molar-refractivity contribution in [3.63, 3.8) is 0 Å². The fourth-order valence-corrected chi connectivity index (χ4v) is 2.84. The van der Waals surface area contributed by atoms with Gasteiger partial charge in [-0.15, -0.1) is 0 Å². The van der Waals surface area contributed by atoms with Gasteiger partial charge in [-0.1, -0.05) is 17.7 Å². The lowest BCUT2D eigenvalue weighted by atomic mass is 9.90. The minimum atomic E-state index is -0.434. The van der Waals surface area contributed by atoms with E-state index in [-0.39, 0.29) is 5.78 Å². The second-order valence-electron chi connectivity index (χ2n) is 6.21. The number of carbonyl (C=O) groups is 1. The summed E-state index contributed by atoms with van der Waals surface area (Å²) in [5, 5.41) is 3.33. The van der Waals surface area contributed by atoms with E-state index in [1.165, 1.54) is 0 Å². The second-order valence-corrected chi connectivity index (χ2v) is 6.21. The van der Waals surface area contributed by atoms with Crippen LogP contribution in [0, 0.1) is 6.92 Å². The number of methoxy groups -OCH3 is 1. The summed E-state index contributed by atoms with van der Waals surface area (Å²) in [7, 11) is 1.65. The molecule has 2 rings (SSSR count). The van der Waals surface area contributed by atoms with Crippen LogP contribution in [0.3, 0.4) is 0 Å². The number of hydrogen-bond acceptors (Lipinski definition) is 4. The molecule has 0 unspecified atom stereocenters. The highest BCUT2D eigenvalue weighted by Crippen LogP contribution is 2.24. The van der Waals surface area contributed by atoms with E-state index in [1.54, 1.807) is 7.11 Å². The zero-order valence-corrected chi connectivity index (χ0v) is 13.5. The first-order chi connectivity index (χ1) is 9.95. The molecule has 0 amide bonds. The molecular formula is C17H26N2O2. The molecule has 1 heterocycles. The van der Waals surface area contributed by atoms with Gasteiger partial charge in [0.1, 0.15) is 5.75 Å². The molecule has 116 valence electrons. The van der Waals surface area contributed by atoms with E-state index in [4.69, 9.17) is 4.74 Å². The zero-order chi connectivity index (χ0) is 15.5. The van der Waals surface area contributed by atoms with Crippen molar-refractivity contribution in [2.45, 2.75) is 32.7 Å². The van der Waals surface area contributed by atoms with Gasteiger partial charge in [0.2, 0.25) is 0 Å². The van der Waals surface area contributed by atoms with Gasteiger partial charge in [0.25, 0.3) is 0 Å². The third-order valence-corrected chi connectivity index (χ3v) is 4.38. The Kier molecular flexibility index (Phi) is 5.01. The maximum Gasteiger partial charge on any atom is 0.157 e. The minimum absolute atomic E-state index is 0.244. The van der Waals surface area contributed by atoms with Crippen molar-refractivity contribution in [2.75, 3.05) is 33.3 Å². The summed E-state index contributed by atoms with van der Waals surface area (Å²) in [6.45, 7) is 9.84. The van der Waals surface area contributed by atoms with Crippen molar-refractivity contribution < 1.29 is 9.53 Å². The number of piperazine rings is 1. The SMILES string of the molecule is COc1ccc(C)cc1CC(=O)C(C)(C)N1CCNCC1. The summed E-state index contributed by atoms with van der Waals surface area (Å²) >= 11 is 0. The third-order valence-electron chi connectivity index (χ3n) is 4.38. The highest BCUT2D eigenvalue weighted by atomic mass is 16.5. The van der Waals surface area contributed by atoms with E-state index in [1.807, 2.05) is 39.0 Å². The number of rotatable bonds is 5. The average Bonchev–Trinajstić information content (AvgIpc) is 2.48. The van der Waals surface area contributed by atoms with Crippen molar-refractivity contribution in [3.8, 4) is 5.75 Å². The Morgan fingerprint density at radius 1 is 1.33 bits per heavy atom. The van der Waals surface area contributed by atoms with Gasteiger partial charge >= 0.3 is 0 Å². The van der Waals surface area contributed by atoms with Gasteiger partial charge < -0.3 is 10.1 Å². The molecular weight excluding hydrogens is 264 g/mol. The monoisotopic (exact) mass is 290 g/mol. The molecule has 0 aromatic heterocycles. The highest BCUT2D eigenvalue weighted by molar-refractivity contribution is 5.90. The topological polar surface area (TPSA) is 41.6 Å². The molecule has 4 heteroatoms. The first kappa shape index (κ1) is 16.0. The van der Waals surface area contributed by atoms with Crippen LogP contribution in [0.15, 0.2) is 18.2 Å². The van der Waals surface area contributed by atoms with E-state index >= 15 is 0 Å². The van der Waals surface area contributed by atoms with Crippen LogP contribution in [0.4, 0.5) is 0 Å². The maximum atomic E-state index is 12.8. The second kappa shape index (κ2) is 6.58. The number of benzene rings is 1. The fourth-order valence-electron chi connectivity index (χ4n) is 2.84. The third kappa shape index (κ3) is 3.63. The molecule has 1 aromatic carbocycles. The Bertz CT molecular complexity index is 506. The number of hydrogen-bond donors (Lipinski definition) is 1. The van der Waals surface area contributed by atoms with Crippen molar-refractivity contribution in [1.29, 1.82) is 0 Å². The number of ether oxygens (including phenoxy) is 1. The van der Waals surface area contributed by atoms with Gasteiger partial charge in [-0.2, -0.15) is 0 Å². The number of ketones is 1. The van der Waals surface area contributed by atoms with Crippen molar-refractivity contribution >= 4 is 5.78 Å². The van der Waals surface area contributed by atoms with Gasteiger partial charge in [-0.05, 0) is 26.8 Å². The number of Topliss-reactive ketones (excluding diaryl/α,β-unsaturated/α-hetero) is 1. The Labute approximate surface area is 127 Å². The van der Waals surface area contributed by atoms with E-state index in [2.05, 4.69) is 10.2 Å². The molecule has 0 atom stereocenters. The first-order valence-corrected chi connectivity index (χ1v) is 7.57. The molecule has 1 aliphatic rings. The molecule has 0 spiro atoms. The number of aryl methyl sites for hydroxylation is 1. The lowest BCUT2D eigenvalue weighted by molar-refractivity contribution is -0.129. The fraction of sp³-hybridized carbons (Fsp3) is 0.588. The first-order valence-electron chi connectivity index (χ1n) is 7.57. The molecule has 1 saturated heterocycles. The van der Waals surface area contributed by atoms with Crippen LogP contribution in [-0.2, 0) is 11.2 Å². The molecule has 1 aromatic rings. The van der Waals surface area contributed by atoms with E-state index in [9.17, 15) is 4.79 Å². The smallest absolute Gasteiger partial charge is 0.157 e. The molecule has 4 nitrogen and oxygen atoms in total. The Morgan fingerprint density at radius 2 is 2.00 bits per heavy atom. The van der Waals surface area contributed by atoms with Gasteiger partial charge in [0.05, 0.1) is 12.6 Å². The van der Waals surface area contributed by atoms with Crippen LogP contribution in [0.25, 0.3) is 0 Å². The summed E-state index contributed by atoms with van der Waals surface area (Å²) in [5.41, 5.74) is 1.70. The predicted octanol–water partition coefficient (Wildman–Crippen LogP) is 1.80. The summed E-state index contributed by atoms with van der Waals surface area (Å²) in [6.07, 6.45) is 0.418. The lowest BCUT2D eigenvalue weighted by Crippen LogP contribution is -2.57. The standard InChI is InChI=1S/C17H26N2O2/c1-13-5-6-15(21-4)14(11-13)12-16(20)17(2,3)19-9-7-18-8-10-19/h5-6,11,18H,7-10,12H2,1-4H3. The molecule has 1 fully saturated rings. The van der Waals surface area contributed by atoms with Gasteiger partial charge in [-0.3, -0.25) is 9.69 Å². The summed E-state index contributed by atoms with van der Waals surface area (Å²) in [4.78, 5) is 15.1. The molecule has 0 radical (unpaired) electrons. The quantitative estimate of drug-likeness (QED) is 0.898. The predicted molar refractivity (Wildman–Crippen MR) is 85.0 cm³/mol. The Hall–Kier alpha value is -1.39. The summed E-state index contributed by atoms with van der Waals surface area (Å²) < 4.78 is 5.38. The zero-order valence-electron chi connectivity index (χ0n) is 13.5. The number of carbonyl (C=O) groups excluding carboxylic acids is 1. The van der Waals surface area contributed by atoms with Crippen LogP contribution in [0.1, 0.15) is 25.0 Å². The van der Waals surface area contributed by atoms with Crippen LogP contribution >= 0.6 is 0 Å². The Balaban J connectivity index is 2.14. The maximum absolute atomic E-state index is 12.8. The molecule has 0 bridgehead atoms. The Morgan fingerprint density at radius 3 is 2.62 bits per heavy atom. The van der Waals surface area contributed by atoms with E-state index in [0.29, 0.717) is 6.42 Å². The average molecular weight is 290 g/mol. The molecule has 0 saturated carbocycles. The van der Waals surface area contributed by atoms with E-state index < -0.39 is 5.54 Å². The largest absolute Gasteiger partial charge is 0.496 e. The lowest BCUT2D eigenvalue weighted by Gasteiger charge is -2.40. The molecule has 1 N–H and O–H groups in total. The summed E-state index contributed by atoms with van der Waals surface area (Å²) in [5.74, 6) is 1.04. The van der Waals surface area contributed by atoms with Gasteiger partial charge in [0.15, 0.2) is 5.78 Å². The van der Waals surface area contributed by atoms with Gasteiger partial charge in [-0.25, -0.2) is 0 Å². The summed E-state index contributed by atoms with van der Waals surface area (Å²) in [6, 6.07) is 5.99. The van der Waals surface area contributed by atoms with E-state index in [0.717, 1.165) is 43.1 Å². The molecule has 21 heavy (non-hydrogen) atoms. The van der Waals surface area contributed by atoms with Crippen LogP contribution in [-0.4, -0.2) is 49.5 Å². The van der Waals surface area contributed by atoms with Gasteiger partial charge in [0, 0.05) is 38.2 Å². The number of nitrogens with one attached hydrogen (secondary N) is 1. The van der Waals surface area contributed by atoms with Crippen molar-refractivity contribution in [3.05, 3.63) is 29.3 Å². The molecule has 1 aliphatic heterocycles. The van der Waals surface area contributed by atoms with Crippen molar-refractivity contribution in [1.82, 2.24) is 10.2 Å². The van der Waals surface area contributed by atoms with Crippen LogP contribution < -0.4 is 10.1 Å². The highest BCUT2D eigenvalue weighted by Gasteiger charge is 2.34.